The van der Waals surface area contributed by atoms with Crippen molar-refractivity contribution in [2.75, 3.05) is 14.2 Å². The Labute approximate surface area is 81.8 Å². The maximum absolute atomic E-state index is 11.3. The first-order valence-corrected chi connectivity index (χ1v) is 4.37. The summed E-state index contributed by atoms with van der Waals surface area (Å²) in [6.45, 7) is 0. The molecule has 1 fully saturated rings. The molecule has 1 unspecified atom stereocenters. The number of carbonyl (C=O) groups is 1. The van der Waals surface area contributed by atoms with E-state index in [1.807, 2.05) is 0 Å². The van der Waals surface area contributed by atoms with Crippen LogP contribution < -0.4 is 0 Å². The van der Waals surface area contributed by atoms with Crippen molar-refractivity contribution in [3.8, 4) is 0 Å². The fraction of sp³-hybridized carbons (Fsp3) is 0.875. The van der Waals surface area contributed by atoms with Gasteiger partial charge in [-0.3, -0.25) is 4.79 Å². The normalized spacial score (nSPS) is 20.1. The zero-order valence-corrected chi connectivity index (χ0v) is 8.27. The molecular formula is C8H13N3O3. The van der Waals surface area contributed by atoms with Crippen molar-refractivity contribution < 1.29 is 14.3 Å². The molecule has 0 aromatic carbocycles. The van der Waals surface area contributed by atoms with Gasteiger partial charge in [-0.1, -0.05) is 5.11 Å². The lowest BCUT2D eigenvalue weighted by Gasteiger charge is -2.43. The predicted octanol–water partition coefficient (Wildman–Crippen LogP) is 1.41. The maximum atomic E-state index is 11.3. The van der Waals surface area contributed by atoms with Gasteiger partial charge in [0.15, 0.2) is 6.04 Å². The average molecular weight is 199 g/mol. The van der Waals surface area contributed by atoms with E-state index in [0.717, 1.165) is 19.3 Å². The molecule has 0 bridgehead atoms. The van der Waals surface area contributed by atoms with Gasteiger partial charge in [0.25, 0.3) is 0 Å². The number of hydrogen-bond acceptors (Lipinski definition) is 4. The predicted molar refractivity (Wildman–Crippen MR) is 48.5 cm³/mol. The van der Waals surface area contributed by atoms with E-state index in [2.05, 4.69) is 14.8 Å². The Balaban J connectivity index is 2.85. The van der Waals surface area contributed by atoms with Crippen LogP contribution in [-0.4, -0.2) is 31.8 Å². The van der Waals surface area contributed by atoms with Gasteiger partial charge in [0.1, 0.15) is 0 Å². The molecule has 0 aromatic rings. The van der Waals surface area contributed by atoms with Crippen LogP contribution in [-0.2, 0) is 14.3 Å². The fourth-order valence-corrected chi connectivity index (χ4v) is 1.64. The van der Waals surface area contributed by atoms with E-state index >= 15 is 0 Å². The first-order chi connectivity index (χ1) is 6.70. The van der Waals surface area contributed by atoms with Gasteiger partial charge < -0.3 is 9.47 Å². The minimum absolute atomic E-state index is 0.538. The number of esters is 1. The molecule has 1 aliphatic carbocycles. The Kier molecular flexibility index (Phi) is 3.33. The van der Waals surface area contributed by atoms with E-state index < -0.39 is 17.6 Å². The molecule has 0 aromatic heterocycles. The summed E-state index contributed by atoms with van der Waals surface area (Å²) < 4.78 is 9.81. The Morgan fingerprint density at radius 2 is 2.21 bits per heavy atom. The molecule has 0 spiro atoms. The van der Waals surface area contributed by atoms with Gasteiger partial charge in [0, 0.05) is 12.0 Å². The summed E-state index contributed by atoms with van der Waals surface area (Å²) in [6.07, 6.45) is 2.42. The number of azide groups is 1. The van der Waals surface area contributed by atoms with E-state index in [0.29, 0.717) is 0 Å². The van der Waals surface area contributed by atoms with Gasteiger partial charge >= 0.3 is 5.97 Å². The van der Waals surface area contributed by atoms with E-state index in [9.17, 15) is 4.79 Å². The third-order valence-electron chi connectivity index (χ3n) is 2.70. The van der Waals surface area contributed by atoms with Crippen molar-refractivity contribution in [1.82, 2.24) is 0 Å². The highest BCUT2D eigenvalue weighted by atomic mass is 16.5. The molecule has 0 N–H and O–H groups in total. The molecule has 0 aliphatic heterocycles. The van der Waals surface area contributed by atoms with Gasteiger partial charge in [0.05, 0.1) is 12.7 Å². The summed E-state index contributed by atoms with van der Waals surface area (Å²) in [5.74, 6) is -0.538. The number of ether oxygens (including phenoxy) is 2. The number of nitrogens with zero attached hydrogens (tertiary/aromatic N) is 3. The zero-order chi connectivity index (χ0) is 10.6. The standard InChI is InChI=1S/C8H13N3O3/c1-13-7(12)6(10-11-9)8(14-2)4-3-5-8/h6H,3-5H2,1-2H3. The average Bonchev–Trinajstić information content (AvgIpc) is 2.14. The summed E-state index contributed by atoms with van der Waals surface area (Å²) in [5.41, 5.74) is 7.71. The molecule has 14 heavy (non-hydrogen) atoms. The monoisotopic (exact) mass is 199 g/mol. The molecule has 1 saturated carbocycles. The van der Waals surface area contributed by atoms with Crippen molar-refractivity contribution in [2.45, 2.75) is 30.9 Å². The van der Waals surface area contributed by atoms with Gasteiger partial charge in [-0.2, -0.15) is 0 Å². The van der Waals surface area contributed by atoms with Crippen molar-refractivity contribution in [3.63, 3.8) is 0 Å². The van der Waals surface area contributed by atoms with Crippen LogP contribution in [0.25, 0.3) is 10.4 Å². The number of carbonyl (C=O) groups excluding carboxylic acids is 1. The Hall–Kier alpha value is -1.26. The van der Waals surface area contributed by atoms with Crippen LogP contribution in [0.1, 0.15) is 19.3 Å². The molecule has 0 saturated heterocycles. The molecule has 0 amide bonds. The van der Waals surface area contributed by atoms with Crippen LogP contribution in [0.4, 0.5) is 0 Å². The van der Waals surface area contributed by atoms with Crippen LogP contribution in [0.2, 0.25) is 0 Å². The van der Waals surface area contributed by atoms with Gasteiger partial charge in [0.2, 0.25) is 0 Å². The first-order valence-electron chi connectivity index (χ1n) is 4.37. The fourth-order valence-electron chi connectivity index (χ4n) is 1.64. The minimum atomic E-state index is -0.865. The molecule has 1 aliphatic rings. The number of hydrogen-bond donors (Lipinski definition) is 0. The highest BCUT2D eigenvalue weighted by Gasteiger charge is 2.48. The van der Waals surface area contributed by atoms with Crippen LogP contribution in [0, 0.1) is 0 Å². The third-order valence-corrected chi connectivity index (χ3v) is 2.70. The Bertz CT molecular complexity index is 263. The highest BCUT2D eigenvalue weighted by Crippen LogP contribution is 2.39. The highest BCUT2D eigenvalue weighted by molar-refractivity contribution is 5.77. The topological polar surface area (TPSA) is 84.3 Å². The molecule has 1 rings (SSSR count). The SMILES string of the molecule is COC(=O)C(N=[N+]=[N-])C1(OC)CCC1. The second-order valence-corrected chi connectivity index (χ2v) is 3.25. The zero-order valence-electron chi connectivity index (χ0n) is 8.27. The second kappa shape index (κ2) is 4.30. The Morgan fingerprint density at radius 3 is 2.50 bits per heavy atom. The molecular weight excluding hydrogens is 186 g/mol. The molecule has 0 radical (unpaired) electrons. The first kappa shape index (κ1) is 10.8. The van der Waals surface area contributed by atoms with Crippen molar-refractivity contribution in [2.24, 2.45) is 5.11 Å². The van der Waals surface area contributed by atoms with Gasteiger partial charge in [-0.25, -0.2) is 0 Å². The van der Waals surface area contributed by atoms with Crippen LogP contribution in [0.15, 0.2) is 5.11 Å². The molecule has 1 atom stereocenters. The smallest absolute Gasteiger partial charge is 0.317 e. The second-order valence-electron chi connectivity index (χ2n) is 3.25. The molecule has 6 nitrogen and oxygen atoms in total. The largest absolute Gasteiger partial charge is 0.469 e. The van der Waals surface area contributed by atoms with Crippen molar-refractivity contribution >= 4 is 5.97 Å². The summed E-state index contributed by atoms with van der Waals surface area (Å²) in [5, 5.41) is 3.44. The summed E-state index contributed by atoms with van der Waals surface area (Å²) >= 11 is 0. The van der Waals surface area contributed by atoms with Crippen molar-refractivity contribution in [1.29, 1.82) is 0 Å². The van der Waals surface area contributed by atoms with Crippen LogP contribution in [0.5, 0.6) is 0 Å². The lowest BCUT2D eigenvalue weighted by Crippen LogP contribution is -2.52. The van der Waals surface area contributed by atoms with Crippen LogP contribution >= 0.6 is 0 Å². The van der Waals surface area contributed by atoms with Gasteiger partial charge in [-0.05, 0) is 24.8 Å². The molecule has 6 heteroatoms. The lowest BCUT2D eigenvalue weighted by molar-refractivity contribution is -0.158. The van der Waals surface area contributed by atoms with Gasteiger partial charge in [-0.15, -0.1) is 0 Å². The summed E-state index contributed by atoms with van der Waals surface area (Å²) in [7, 11) is 2.78. The van der Waals surface area contributed by atoms with Crippen LogP contribution in [0.3, 0.4) is 0 Å². The van der Waals surface area contributed by atoms with E-state index in [1.165, 1.54) is 14.2 Å². The lowest BCUT2D eigenvalue weighted by atomic mass is 9.74. The van der Waals surface area contributed by atoms with E-state index in [1.54, 1.807) is 0 Å². The quantitative estimate of drug-likeness (QED) is 0.297. The Morgan fingerprint density at radius 1 is 1.57 bits per heavy atom. The molecule has 0 heterocycles. The summed E-state index contributed by atoms with van der Waals surface area (Å²) in [6, 6.07) is -0.865. The maximum Gasteiger partial charge on any atom is 0.317 e. The van der Waals surface area contributed by atoms with E-state index in [-0.39, 0.29) is 0 Å². The third kappa shape index (κ3) is 1.66. The summed E-state index contributed by atoms with van der Waals surface area (Å²) in [4.78, 5) is 14.0. The molecule has 78 valence electrons. The number of rotatable bonds is 4. The number of methoxy groups -OCH3 is 2. The van der Waals surface area contributed by atoms with E-state index in [4.69, 9.17) is 10.3 Å². The van der Waals surface area contributed by atoms with Crippen molar-refractivity contribution in [3.05, 3.63) is 10.4 Å². The minimum Gasteiger partial charge on any atom is -0.469 e.